The van der Waals surface area contributed by atoms with Crippen LogP contribution < -0.4 is 27.8 Å². The van der Waals surface area contributed by atoms with Crippen LogP contribution in [0.1, 0.15) is 39.5 Å². The van der Waals surface area contributed by atoms with Gasteiger partial charge in [-0.15, -0.1) is 0 Å². The maximum absolute atomic E-state index is 12.6. The minimum Gasteiger partial charge on any atom is -0.480 e. The molecule has 12 nitrogen and oxygen atoms in total. The molecule has 3 atom stereocenters. The molecule has 3 amide bonds. The van der Waals surface area contributed by atoms with Crippen molar-refractivity contribution in [2.75, 3.05) is 19.6 Å². The van der Waals surface area contributed by atoms with Crippen LogP contribution in [0.15, 0.2) is 4.99 Å². The predicted molar refractivity (Wildman–Crippen MR) is 110 cm³/mol. The van der Waals surface area contributed by atoms with Crippen LogP contribution in [0.3, 0.4) is 0 Å². The molecule has 0 saturated carbocycles. The predicted octanol–water partition coefficient (Wildman–Crippen LogP) is -2.30. The van der Waals surface area contributed by atoms with Gasteiger partial charge in [0.15, 0.2) is 5.96 Å². The lowest BCUT2D eigenvalue weighted by Gasteiger charge is -2.26. The number of aliphatic carboxylic acids is 1. The second kappa shape index (κ2) is 12.0. The minimum absolute atomic E-state index is 0.0784. The molecule has 1 aliphatic rings. The van der Waals surface area contributed by atoms with Gasteiger partial charge in [-0.25, -0.2) is 4.79 Å². The topological polar surface area (TPSA) is 206 Å². The highest BCUT2D eigenvalue weighted by atomic mass is 16.4. The second-order valence-corrected chi connectivity index (χ2v) is 7.58. The Morgan fingerprint density at radius 3 is 2.47 bits per heavy atom. The fourth-order valence-corrected chi connectivity index (χ4v) is 3.05. The monoisotopic (exact) mass is 427 g/mol. The summed E-state index contributed by atoms with van der Waals surface area (Å²) in [6, 6.07) is -2.63. The zero-order chi connectivity index (χ0) is 22.8. The molecule has 0 aliphatic carbocycles. The van der Waals surface area contributed by atoms with E-state index in [2.05, 4.69) is 15.6 Å². The minimum atomic E-state index is -1.18. The van der Waals surface area contributed by atoms with Gasteiger partial charge in [0.25, 0.3) is 0 Å². The first-order chi connectivity index (χ1) is 14.0. The summed E-state index contributed by atoms with van der Waals surface area (Å²) in [6.45, 7) is 3.91. The van der Waals surface area contributed by atoms with Crippen LogP contribution in [-0.2, 0) is 19.2 Å². The van der Waals surface area contributed by atoms with E-state index in [1.807, 2.05) is 0 Å². The highest BCUT2D eigenvalue weighted by Gasteiger charge is 2.35. The number of carbonyl (C=O) groups is 4. The summed E-state index contributed by atoms with van der Waals surface area (Å²) >= 11 is 0. The van der Waals surface area contributed by atoms with Crippen molar-refractivity contribution in [3.05, 3.63) is 0 Å². The van der Waals surface area contributed by atoms with Gasteiger partial charge in [0.1, 0.15) is 12.1 Å². The van der Waals surface area contributed by atoms with Gasteiger partial charge < -0.3 is 37.8 Å². The summed E-state index contributed by atoms with van der Waals surface area (Å²) in [5.74, 6) is -2.75. The molecule has 1 fully saturated rings. The summed E-state index contributed by atoms with van der Waals surface area (Å²) in [7, 11) is 0. The molecule has 0 aromatic rings. The van der Waals surface area contributed by atoms with Gasteiger partial charge in [0.2, 0.25) is 17.7 Å². The van der Waals surface area contributed by atoms with E-state index in [0.717, 1.165) is 0 Å². The third kappa shape index (κ3) is 7.85. The molecule has 1 aliphatic heterocycles. The first-order valence-corrected chi connectivity index (χ1v) is 9.95. The fraction of sp³-hybridized carbons (Fsp3) is 0.722. The highest BCUT2D eigenvalue weighted by molar-refractivity contribution is 5.93. The molecular weight excluding hydrogens is 394 g/mol. The molecule has 1 saturated heterocycles. The maximum Gasteiger partial charge on any atom is 0.326 e. The van der Waals surface area contributed by atoms with Crippen LogP contribution in [-0.4, -0.2) is 77.4 Å². The van der Waals surface area contributed by atoms with Crippen molar-refractivity contribution in [1.29, 1.82) is 0 Å². The second-order valence-electron chi connectivity index (χ2n) is 7.58. The van der Waals surface area contributed by atoms with Gasteiger partial charge in [-0.3, -0.25) is 19.4 Å². The van der Waals surface area contributed by atoms with E-state index < -0.39 is 41.8 Å². The quantitative estimate of drug-likeness (QED) is 0.120. The van der Waals surface area contributed by atoms with Crippen molar-refractivity contribution in [2.45, 2.75) is 57.7 Å². The largest absolute Gasteiger partial charge is 0.480 e. The lowest BCUT2D eigenvalue weighted by Crippen LogP contribution is -2.53. The van der Waals surface area contributed by atoms with E-state index in [-0.39, 0.29) is 31.4 Å². The molecule has 0 spiro atoms. The number of hydrogen-bond donors (Lipinski definition) is 6. The first kappa shape index (κ1) is 25.1. The fourth-order valence-electron chi connectivity index (χ4n) is 3.05. The Bertz CT molecular complexity index is 663. The summed E-state index contributed by atoms with van der Waals surface area (Å²) in [5, 5.41) is 14.3. The van der Waals surface area contributed by atoms with Gasteiger partial charge >= 0.3 is 5.97 Å². The van der Waals surface area contributed by atoms with Gasteiger partial charge in [-0.05, 0) is 31.6 Å². The number of hydrogen-bond acceptors (Lipinski definition) is 6. The number of aliphatic imine (C=N–C) groups is 1. The number of nitrogens with zero attached hydrogens (tertiary/aromatic N) is 2. The van der Waals surface area contributed by atoms with Gasteiger partial charge in [0, 0.05) is 13.1 Å². The molecule has 1 heterocycles. The Labute approximate surface area is 175 Å². The number of guanidine groups is 1. The van der Waals surface area contributed by atoms with Gasteiger partial charge in [-0.2, -0.15) is 0 Å². The zero-order valence-electron chi connectivity index (χ0n) is 17.5. The first-order valence-electron chi connectivity index (χ1n) is 9.95. The van der Waals surface area contributed by atoms with E-state index in [1.165, 1.54) is 4.90 Å². The summed E-state index contributed by atoms with van der Waals surface area (Å²) in [6.07, 6.45) is 1.52. The molecule has 3 unspecified atom stereocenters. The Balaban J connectivity index is 2.62. The van der Waals surface area contributed by atoms with E-state index in [4.69, 9.17) is 17.2 Å². The summed E-state index contributed by atoms with van der Waals surface area (Å²) in [4.78, 5) is 53.6. The molecule has 0 aromatic heterocycles. The van der Waals surface area contributed by atoms with Crippen LogP contribution >= 0.6 is 0 Å². The van der Waals surface area contributed by atoms with Crippen molar-refractivity contribution in [3.63, 3.8) is 0 Å². The summed E-state index contributed by atoms with van der Waals surface area (Å²) < 4.78 is 0. The SMILES string of the molecule is CC(C)C(N)C(=O)NCC(=O)N1CCCC1C(=O)NC(CCCN=C(N)N)C(=O)O. The number of rotatable bonds is 11. The smallest absolute Gasteiger partial charge is 0.326 e. The molecule has 0 bridgehead atoms. The van der Waals surface area contributed by atoms with Crippen molar-refractivity contribution in [3.8, 4) is 0 Å². The van der Waals surface area contributed by atoms with Crippen LogP contribution in [0.5, 0.6) is 0 Å². The molecule has 30 heavy (non-hydrogen) atoms. The average Bonchev–Trinajstić information content (AvgIpc) is 3.16. The van der Waals surface area contributed by atoms with Crippen molar-refractivity contribution < 1.29 is 24.3 Å². The summed E-state index contributed by atoms with van der Waals surface area (Å²) in [5.41, 5.74) is 16.2. The highest BCUT2D eigenvalue weighted by Crippen LogP contribution is 2.18. The van der Waals surface area contributed by atoms with E-state index in [1.54, 1.807) is 13.8 Å². The van der Waals surface area contributed by atoms with Crippen molar-refractivity contribution >= 4 is 29.7 Å². The van der Waals surface area contributed by atoms with E-state index >= 15 is 0 Å². The third-order valence-electron chi connectivity index (χ3n) is 4.87. The van der Waals surface area contributed by atoms with Gasteiger partial charge in [0.05, 0.1) is 12.6 Å². The Hall–Kier alpha value is -2.89. The third-order valence-corrected chi connectivity index (χ3v) is 4.87. The van der Waals surface area contributed by atoms with Crippen molar-refractivity contribution in [1.82, 2.24) is 15.5 Å². The van der Waals surface area contributed by atoms with E-state index in [0.29, 0.717) is 25.8 Å². The van der Waals surface area contributed by atoms with Crippen LogP contribution in [0.25, 0.3) is 0 Å². The Morgan fingerprint density at radius 1 is 1.23 bits per heavy atom. The number of likely N-dealkylation sites (tertiary alicyclic amines) is 1. The standard InChI is InChI=1S/C18H33N7O5/c1-10(2)14(19)16(28)23-9-13(26)25-8-4-6-12(25)15(27)24-11(17(29)30)5-3-7-22-18(20)21/h10-12,14H,3-9,19H2,1-2H3,(H,23,28)(H,24,27)(H,29,30)(H4,20,21,22). The van der Waals surface area contributed by atoms with Crippen molar-refractivity contribution in [2.24, 2.45) is 28.1 Å². The number of amides is 3. The number of nitrogens with two attached hydrogens (primary N) is 3. The Morgan fingerprint density at radius 2 is 1.90 bits per heavy atom. The molecular formula is C18H33N7O5. The van der Waals surface area contributed by atoms with Crippen LogP contribution in [0, 0.1) is 5.92 Å². The van der Waals surface area contributed by atoms with Gasteiger partial charge in [-0.1, -0.05) is 13.8 Å². The number of nitrogens with one attached hydrogen (secondary N) is 2. The van der Waals surface area contributed by atoms with Crippen LogP contribution in [0.4, 0.5) is 0 Å². The molecule has 1 rings (SSSR count). The number of carboxylic acids is 1. The molecule has 0 radical (unpaired) electrons. The number of carboxylic acid groups (broad SMARTS) is 1. The lowest BCUT2D eigenvalue weighted by atomic mass is 10.1. The lowest BCUT2D eigenvalue weighted by molar-refractivity contribution is -0.144. The Kier molecular flexibility index (Phi) is 10.0. The molecule has 170 valence electrons. The molecule has 12 heteroatoms. The van der Waals surface area contributed by atoms with Crippen LogP contribution in [0.2, 0.25) is 0 Å². The normalized spacial score (nSPS) is 17.9. The maximum atomic E-state index is 12.6. The number of carbonyl (C=O) groups excluding carboxylic acids is 3. The zero-order valence-corrected chi connectivity index (χ0v) is 17.5. The molecule has 9 N–H and O–H groups in total. The average molecular weight is 428 g/mol. The van der Waals surface area contributed by atoms with E-state index in [9.17, 15) is 24.3 Å². The molecule has 0 aromatic carbocycles.